The van der Waals surface area contributed by atoms with Crippen LogP contribution in [0.15, 0.2) is 387 Å². The highest BCUT2D eigenvalue weighted by Crippen LogP contribution is 2.31. The van der Waals surface area contributed by atoms with E-state index in [1.165, 1.54) is 53.7 Å². The minimum absolute atomic E-state index is 0.723. The van der Waals surface area contributed by atoms with Crippen LogP contribution in [-0.4, -0.2) is 59.4 Å². The maximum atomic E-state index is 5.26. The van der Waals surface area contributed by atoms with Crippen LogP contribution in [0.1, 0.15) is 51.1 Å². The summed E-state index contributed by atoms with van der Waals surface area (Å²) in [7, 11) is 0. The van der Waals surface area contributed by atoms with Crippen LogP contribution < -0.4 is 0 Å². The molecule has 0 aliphatic carbocycles. The van der Waals surface area contributed by atoms with E-state index in [4.69, 9.17) is 4.42 Å². The Labute approximate surface area is 703 Å². The van der Waals surface area contributed by atoms with Crippen molar-refractivity contribution < 1.29 is 4.42 Å². The summed E-state index contributed by atoms with van der Waals surface area (Å²) < 4.78 is 8.71. The van der Waals surface area contributed by atoms with Gasteiger partial charge in [0.1, 0.15) is 23.0 Å². The van der Waals surface area contributed by atoms with Crippen molar-refractivity contribution in [3.05, 3.63) is 434 Å². The lowest BCUT2D eigenvalue weighted by atomic mass is 10.0. The molecule has 0 radical (unpaired) electrons. The first-order valence-electron chi connectivity index (χ1n) is 39.8. The summed E-state index contributed by atoms with van der Waals surface area (Å²) in [5.41, 5.74) is 21.6. The number of rotatable bonds is 4. The molecule has 0 unspecified atom stereocenters. The number of pyridine rings is 4. The van der Waals surface area contributed by atoms with E-state index in [-0.39, 0.29) is 0 Å². The maximum Gasteiger partial charge on any atom is 0.192 e. The summed E-state index contributed by atoms with van der Waals surface area (Å²) in [5.74, 6) is 3.37. The van der Waals surface area contributed by atoms with Gasteiger partial charge in [0.2, 0.25) is 0 Å². The number of nitrogens with zero attached hydrogens (tertiary/aromatic N) is 12. The standard InChI is InChI=1S/2C16H13N.C15H12N2.C14H12N2.2C10H9N.C9H8N2.C8H7NO.C8H7NS/c1-12-11-15(13-7-3-2-4-8-13)14-9-5-6-10-16(14)17-12;1-12-11-14-9-5-6-10-15(14)16(17-12)13-7-3-2-4-8-13;1-11-16-14-10-6-5-9-13(14)15(17-11)12-7-3-2-4-8-12;1-11-15-13-9-5-6-10-14(13)16(11)12-7-3-2-4-8-12;1-8-6-9-4-2-3-5-10(9)7-11-8;1-8-6-7-9-4-2-3-5-10(9)11-8;1-7-10-6-8-4-2-3-5-9(8)11-7;2*1-6-9-7-4-2-3-5-8(7)10-6/h2*2-11H,1H3;2-10H,1H3;2-10H,1H3;2*2-7H,1H3;2-6H,1H3;2*2-5H,1H3. The summed E-state index contributed by atoms with van der Waals surface area (Å²) in [4.78, 5) is 48.2. The minimum Gasteiger partial charge on any atom is -0.441 e. The molecule has 0 bridgehead atoms. The Kier molecular flexibility index (Phi) is 27.2. The highest BCUT2D eigenvalue weighted by Gasteiger charge is 2.12. The molecular formula is C106H90N12OS. The molecule has 0 atom stereocenters. The molecular weight excluding hydrogens is 1490 g/mol. The van der Waals surface area contributed by atoms with Gasteiger partial charge in [-0.25, -0.2) is 34.9 Å². The van der Waals surface area contributed by atoms with Gasteiger partial charge < -0.3 is 4.42 Å². The molecule has 13 nitrogen and oxygen atoms in total. The van der Waals surface area contributed by atoms with Crippen molar-refractivity contribution >= 4 is 109 Å². The average Bonchev–Trinajstić information content (AvgIpc) is 1.74. The lowest BCUT2D eigenvalue weighted by molar-refractivity contribution is 0.561. The molecule has 22 rings (SSSR count). The van der Waals surface area contributed by atoms with Crippen molar-refractivity contribution in [2.24, 2.45) is 0 Å². The highest BCUT2D eigenvalue weighted by atomic mass is 32.1. The fourth-order valence-corrected chi connectivity index (χ4v) is 14.6. The summed E-state index contributed by atoms with van der Waals surface area (Å²) >= 11 is 1.74. The molecule has 120 heavy (non-hydrogen) atoms. The van der Waals surface area contributed by atoms with E-state index in [9.17, 15) is 0 Å². The summed E-state index contributed by atoms with van der Waals surface area (Å²) in [6, 6.07) is 125. The molecule has 9 aromatic heterocycles. The van der Waals surface area contributed by atoms with Crippen LogP contribution in [0.5, 0.6) is 0 Å². The molecule has 0 aliphatic heterocycles. The van der Waals surface area contributed by atoms with Gasteiger partial charge in [0, 0.05) is 91.2 Å². The number of imidazole rings is 1. The Bertz CT molecular complexity index is 6510. The van der Waals surface area contributed by atoms with E-state index in [1.807, 2.05) is 281 Å². The van der Waals surface area contributed by atoms with Crippen LogP contribution >= 0.6 is 11.3 Å². The predicted octanol–water partition coefficient (Wildman–Crippen LogP) is 27.1. The molecule has 14 heteroatoms. The van der Waals surface area contributed by atoms with Crippen molar-refractivity contribution in [2.45, 2.75) is 62.3 Å². The van der Waals surface area contributed by atoms with Crippen LogP contribution in [-0.2, 0) is 0 Å². The monoisotopic (exact) mass is 1580 g/mol. The fraction of sp³-hybridized carbons (Fsp3) is 0.0849. The fourth-order valence-electron chi connectivity index (χ4n) is 13.8. The molecule has 0 fully saturated rings. The van der Waals surface area contributed by atoms with Gasteiger partial charge in [0.05, 0.1) is 59.7 Å². The van der Waals surface area contributed by atoms with E-state index in [2.05, 4.69) is 223 Å². The van der Waals surface area contributed by atoms with E-state index < -0.39 is 0 Å². The van der Waals surface area contributed by atoms with Crippen LogP contribution in [0, 0.1) is 62.3 Å². The third-order valence-electron chi connectivity index (χ3n) is 19.3. The normalized spacial score (nSPS) is 10.5. The molecule has 0 spiro atoms. The van der Waals surface area contributed by atoms with Gasteiger partial charge in [-0.1, -0.05) is 273 Å². The third-order valence-corrected chi connectivity index (χ3v) is 20.2. The van der Waals surface area contributed by atoms with E-state index >= 15 is 0 Å². The van der Waals surface area contributed by atoms with Gasteiger partial charge in [-0.05, 0) is 174 Å². The maximum absolute atomic E-state index is 5.26. The highest BCUT2D eigenvalue weighted by molar-refractivity contribution is 7.18. The first-order chi connectivity index (χ1) is 58.7. The van der Waals surface area contributed by atoms with Gasteiger partial charge in [-0.15, -0.1) is 11.3 Å². The molecule has 0 amide bonds. The second-order valence-electron chi connectivity index (χ2n) is 28.4. The molecule has 22 aromatic rings. The summed E-state index contributed by atoms with van der Waals surface area (Å²) in [5, 5.41) is 10.7. The average molecular weight is 1580 g/mol. The zero-order chi connectivity index (χ0) is 82.9. The number of hydrogen-bond acceptors (Lipinski definition) is 13. The Balaban J connectivity index is 0.000000111. The molecule has 13 aromatic carbocycles. The quantitative estimate of drug-likeness (QED) is 0.164. The second kappa shape index (κ2) is 40.0. The number of oxazole rings is 1. The van der Waals surface area contributed by atoms with Gasteiger partial charge in [0.15, 0.2) is 11.5 Å². The Morgan fingerprint density at radius 2 is 0.733 bits per heavy atom. The molecule has 0 N–H and O–H groups in total. The van der Waals surface area contributed by atoms with Crippen molar-refractivity contribution in [3.63, 3.8) is 0 Å². The van der Waals surface area contributed by atoms with Gasteiger partial charge in [-0.2, -0.15) is 0 Å². The number of hydrogen-bond donors (Lipinski definition) is 0. The first kappa shape index (κ1) is 81.6. The topological polar surface area (TPSA) is 160 Å². The SMILES string of the molecule is Cc1cc(-c2ccccc2)c2ccccc2n1.Cc1cc2ccccc2c(-c2ccccc2)n1.Cc1cc2ccccc2cn1.Cc1ccc2ccccc2n1.Cc1nc(-c2ccccc2)c2ccccc2n1.Cc1nc2ccccc2n1-c1ccccc1.Cc1nc2ccccc2o1.Cc1nc2ccccc2s1.Cc1ncc2ccccc2n1. The number of benzene rings is 13. The number of aryl methyl sites for hydroxylation is 9. The van der Waals surface area contributed by atoms with Gasteiger partial charge >= 0.3 is 0 Å². The minimum atomic E-state index is 0.723. The Hall–Kier alpha value is -15.0. The van der Waals surface area contributed by atoms with Crippen molar-refractivity contribution in [1.82, 2.24) is 59.4 Å². The van der Waals surface area contributed by atoms with Crippen LogP contribution in [0.2, 0.25) is 0 Å². The van der Waals surface area contributed by atoms with Crippen molar-refractivity contribution in [1.29, 1.82) is 0 Å². The van der Waals surface area contributed by atoms with Crippen LogP contribution in [0.25, 0.3) is 137 Å². The zero-order valence-corrected chi connectivity index (χ0v) is 69.4. The number of fused-ring (bicyclic) bond motifs is 9. The van der Waals surface area contributed by atoms with Crippen LogP contribution in [0.4, 0.5) is 0 Å². The van der Waals surface area contributed by atoms with E-state index in [0.29, 0.717) is 0 Å². The largest absolute Gasteiger partial charge is 0.441 e. The number of thiazole rings is 1. The smallest absolute Gasteiger partial charge is 0.192 e. The second-order valence-corrected chi connectivity index (χ2v) is 29.6. The Morgan fingerprint density at radius 3 is 1.40 bits per heavy atom. The lowest BCUT2D eigenvalue weighted by Gasteiger charge is -2.07. The molecule has 0 saturated heterocycles. The molecule has 0 saturated carbocycles. The molecule has 586 valence electrons. The summed E-state index contributed by atoms with van der Waals surface area (Å²) in [6.07, 6.45) is 3.75. The van der Waals surface area contributed by atoms with Gasteiger partial charge in [0.25, 0.3) is 0 Å². The van der Waals surface area contributed by atoms with Crippen LogP contribution in [0.3, 0.4) is 0 Å². The molecule has 9 heterocycles. The molecule has 0 aliphatic rings. The zero-order valence-electron chi connectivity index (χ0n) is 68.6. The predicted molar refractivity (Wildman–Crippen MR) is 500 cm³/mol. The van der Waals surface area contributed by atoms with Crippen molar-refractivity contribution in [2.75, 3.05) is 0 Å². The van der Waals surface area contributed by atoms with E-state index in [0.717, 1.165) is 134 Å². The number of aromatic nitrogens is 12. The van der Waals surface area contributed by atoms with Gasteiger partial charge in [-0.3, -0.25) is 24.5 Å². The summed E-state index contributed by atoms with van der Waals surface area (Å²) in [6.45, 7) is 17.8. The third kappa shape index (κ3) is 21.6. The van der Waals surface area contributed by atoms with Crippen molar-refractivity contribution in [3.8, 4) is 39.3 Å². The Morgan fingerprint density at radius 1 is 0.267 bits per heavy atom. The lowest BCUT2D eigenvalue weighted by Crippen LogP contribution is -1.95. The first-order valence-corrected chi connectivity index (χ1v) is 40.6. The number of para-hydroxylation sites is 10. The van der Waals surface area contributed by atoms with E-state index in [1.54, 1.807) is 11.3 Å².